The largest absolute Gasteiger partial charge is 0.506 e. The quantitative estimate of drug-likeness (QED) is 0.151. The molecule has 3 aromatic carbocycles. The van der Waals surface area contributed by atoms with Gasteiger partial charge < -0.3 is 55.1 Å². The van der Waals surface area contributed by atoms with E-state index in [0.29, 0.717) is 23.1 Å². The molecule has 0 aromatic heterocycles. The fraction of sp³-hybridized carbons (Fsp3) is 0.419. The van der Waals surface area contributed by atoms with Crippen LogP contribution in [0.15, 0.2) is 36.4 Å². The number of aromatic hydroxyl groups is 1. The fourth-order valence-electron chi connectivity index (χ4n) is 5.91. The van der Waals surface area contributed by atoms with Crippen molar-refractivity contribution in [3.8, 4) is 17.2 Å². The molecule has 7 N–H and O–H groups in total. The molecule has 1 saturated heterocycles. The standard InChI is InChI=1S/C31H36N2O11/c1-15-7-17-8-18(42-3)9-22(43-30-31(41,14-35)28(39)26(37)23(13-34)44-30)25(17)27(38)24(15)21(36)12-33-11-20-16(10-32-2)5-4-6-19(20)29(33)40/h4-9,23,26,28,30,32,34-35,37-39,41H,10-14H2,1-3H3/t23-,26-,28+,30+,31-/m1/s1. The Hall–Kier alpha value is -3.82. The summed E-state index contributed by atoms with van der Waals surface area (Å²) >= 11 is 0. The van der Waals surface area contributed by atoms with Crippen LogP contribution in [-0.4, -0.2) is 111 Å². The van der Waals surface area contributed by atoms with E-state index in [1.807, 2.05) is 6.07 Å². The number of fused-ring (bicyclic) bond motifs is 2. The van der Waals surface area contributed by atoms with Gasteiger partial charge in [0, 0.05) is 24.7 Å². The number of Topliss-reactive ketones (excluding diaryl/α,β-unsaturated/α-hetero) is 1. The summed E-state index contributed by atoms with van der Waals surface area (Å²) in [4.78, 5) is 28.3. The lowest BCUT2D eigenvalue weighted by Gasteiger charge is -2.46. The summed E-state index contributed by atoms with van der Waals surface area (Å²) in [7, 11) is 3.20. The van der Waals surface area contributed by atoms with E-state index in [1.54, 1.807) is 38.2 Å². The minimum Gasteiger partial charge on any atom is -0.506 e. The number of carbonyl (C=O) groups is 2. The minimum atomic E-state index is -2.53. The predicted molar refractivity (Wildman–Crippen MR) is 156 cm³/mol. The number of ketones is 1. The SMILES string of the molecule is CNCc1cccc2c1CN(CC(=O)c1c(C)cc3cc(OC)cc(O[C@H]4O[C@H](CO)[C@@H](O)[C@H](O)[C@]4(O)CO)c3c1O)C2=O. The second kappa shape index (κ2) is 12.3. The van der Waals surface area contributed by atoms with E-state index in [-0.39, 0.29) is 41.4 Å². The Morgan fingerprint density at radius 3 is 2.61 bits per heavy atom. The van der Waals surface area contributed by atoms with Crippen LogP contribution < -0.4 is 14.8 Å². The van der Waals surface area contributed by atoms with Crippen molar-refractivity contribution < 1.29 is 54.4 Å². The molecule has 0 spiro atoms. The van der Waals surface area contributed by atoms with E-state index in [1.165, 1.54) is 18.1 Å². The molecule has 2 aliphatic heterocycles. The fourth-order valence-corrected chi connectivity index (χ4v) is 5.91. The number of nitrogens with zero attached hydrogens (tertiary/aromatic N) is 1. The van der Waals surface area contributed by atoms with E-state index in [4.69, 9.17) is 14.2 Å². The van der Waals surface area contributed by atoms with E-state index >= 15 is 0 Å². The lowest BCUT2D eigenvalue weighted by molar-refractivity contribution is -0.327. The third kappa shape index (κ3) is 5.26. The van der Waals surface area contributed by atoms with Gasteiger partial charge in [-0.1, -0.05) is 18.2 Å². The molecular formula is C31H36N2O11. The molecule has 0 saturated carbocycles. The Morgan fingerprint density at radius 2 is 1.95 bits per heavy atom. The van der Waals surface area contributed by atoms with Crippen LogP contribution in [0.25, 0.3) is 10.8 Å². The summed E-state index contributed by atoms with van der Waals surface area (Å²) in [6.45, 7) is 0.285. The zero-order valence-corrected chi connectivity index (χ0v) is 24.5. The molecule has 236 valence electrons. The molecule has 13 heteroatoms. The maximum Gasteiger partial charge on any atom is 0.254 e. The molecule has 1 fully saturated rings. The third-order valence-corrected chi connectivity index (χ3v) is 8.29. The van der Waals surface area contributed by atoms with Crippen LogP contribution in [0.2, 0.25) is 0 Å². The second-order valence-corrected chi connectivity index (χ2v) is 11.1. The van der Waals surface area contributed by atoms with Gasteiger partial charge >= 0.3 is 0 Å². The topological polar surface area (TPSA) is 198 Å². The number of benzene rings is 3. The zero-order valence-electron chi connectivity index (χ0n) is 24.5. The Morgan fingerprint density at radius 1 is 1.20 bits per heavy atom. The number of ether oxygens (including phenoxy) is 3. The first kappa shape index (κ1) is 31.6. The first-order valence-corrected chi connectivity index (χ1v) is 14.0. The molecule has 5 atom stereocenters. The molecule has 0 unspecified atom stereocenters. The highest BCUT2D eigenvalue weighted by molar-refractivity contribution is 6.10. The van der Waals surface area contributed by atoms with Gasteiger partial charge in [-0.25, -0.2) is 0 Å². The van der Waals surface area contributed by atoms with Crippen LogP contribution in [0.4, 0.5) is 0 Å². The number of nitrogens with one attached hydrogen (secondary N) is 1. The molecule has 0 radical (unpaired) electrons. The average Bonchev–Trinajstić information content (AvgIpc) is 3.32. The number of phenolic OH excluding ortho intramolecular Hbond substituents is 1. The number of hydrogen-bond donors (Lipinski definition) is 7. The Kier molecular flexibility index (Phi) is 8.82. The number of hydrogen-bond acceptors (Lipinski definition) is 12. The number of amides is 1. The van der Waals surface area contributed by atoms with Gasteiger partial charge in [-0.2, -0.15) is 0 Å². The van der Waals surface area contributed by atoms with Crippen LogP contribution in [-0.2, 0) is 17.8 Å². The maximum atomic E-state index is 13.7. The molecule has 13 nitrogen and oxygen atoms in total. The number of aliphatic hydroxyl groups is 5. The van der Waals surface area contributed by atoms with E-state index < -0.39 is 54.9 Å². The highest BCUT2D eigenvalue weighted by atomic mass is 16.7. The number of aliphatic hydroxyl groups excluding tert-OH is 4. The summed E-state index contributed by atoms with van der Waals surface area (Å²) in [6.07, 6.45) is -6.91. The summed E-state index contributed by atoms with van der Waals surface area (Å²) in [6, 6.07) is 9.98. The van der Waals surface area contributed by atoms with Crippen molar-refractivity contribution in [1.82, 2.24) is 10.2 Å². The van der Waals surface area contributed by atoms with Gasteiger partial charge in [0.15, 0.2) is 11.4 Å². The van der Waals surface area contributed by atoms with Crippen LogP contribution in [0.1, 0.15) is 37.4 Å². The molecule has 0 aliphatic carbocycles. The Balaban J connectivity index is 1.52. The van der Waals surface area contributed by atoms with Gasteiger partial charge in [0.1, 0.15) is 35.6 Å². The van der Waals surface area contributed by atoms with E-state index in [9.17, 15) is 40.2 Å². The summed E-state index contributed by atoms with van der Waals surface area (Å²) < 4.78 is 16.8. The van der Waals surface area contributed by atoms with Crippen LogP contribution in [0.3, 0.4) is 0 Å². The minimum absolute atomic E-state index is 0.0251. The predicted octanol–water partition coefficient (Wildman–Crippen LogP) is -0.0383. The van der Waals surface area contributed by atoms with Gasteiger partial charge in [-0.05, 0) is 48.2 Å². The smallest absolute Gasteiger partial charge is 0.254 e. The Bertz CT molecular complexity index is 1590. The van der Waals surface area contributed by atoms with Crippen LogP contribution in [0.5, 0.6) is 17.2 Å². The molecule has 0 bridgehead atoms. The lowest BCUT2D eigenvalue weighted by atomic mass is 9.87. The first-order chi connectivity index (χ1) is 21.0. The summed E-state index contributed by atoms with van der Waals surface area (Å²) in [5.74, 6) is -1.17. The molecule has 3 aromatic rings. The van der Waals surface area contributed by atoms with Crippen molar-refractivity contribution in [3.63, 3.8) is 0 Å². The van der Waals surface area contributed by atoms with Crippen molar-refractivity contribution in [2.75, 3.05) is 33.9 Å². The number of phenols is 1. The number of carbonyl (C=O) groups excluding carboxylic acids is 2. The molecule has 2 aliphatic rings. The monoisotopic (exact) mass is 612 g/mol. The molecule has 5 rings (SSSR count). The summed E-state index contributed by atoms with van der Waals surface area (Å²) in [5.41, 5.74) is 0.125. The highest BCUT2D eigenvalue weighted by Gasteiger charge is 2.56. The van der Waals surface area contributed by atoms with Gasteiger partial charge in [0.2, 0.25) is 6.29 Å². The highest BCUT2D eigenvalue weighted by Crippen LogP contribution is 2.43. The average molecular weight is 613 g/mol. The molecular weight excluding hydrogens is 576 g/mol. The van der Waals surface area contributed by atoms with Crippen LogP contribution >= 0.6 is 0 Å². The van der Waals surface area contributed by atoms with Gasteiger partial charge in [-0.3, -0.25) is 9.59 Å². The number of rotatable bonds is 10. The maximum absolute atomic E-state index is 13.7. The van der Waals surface area contributed by atoms with Gasteiger partial charge in [0.05, 0.1) is 37.8 Å². The van der Waals surface area contributed by atoms with Crippen molar-refractivity contribution >= 4 is 22.5 Å². The normalized spacial score (nSPS) is 24.9. The second-order valence-electron chi connectivity index (χ2n) is 11.1. The van der Waals surface area contributed by atoms with Crippen molar-refractivity contribution in [3.05, 3.63) is 64.2 Å². The van der Waals surface area contributed by atoms with Crippen LogP contribution in [0, 0.1) is 6.92 Å². The van der Waals surface area contributed by atoms with Gasteiger partial charge in [0.25, 0.3) is 5.91 Å². The zero-order chi connectivity index (χ0) is 31.9. The Labute approximate surface area is 252 Å². The number of methoxy groups -OCH3 is 1. The first-order valence-electron chi connectivity index (χ1n) is 14.0. The molecule has 2 heterocycles. The third-order valence-electron chi connectivity index (χ3n) is 8.29. The van der Waals surface area contributed by atoms with E-state index in [0.717, 1.165) is 11.1 Å². The van der Waals surface area contributed by atoms with Gasteiger partial charge in [-0.15, -0.1) is 0 Å². The summed E-state index contributed by atoms with van der Waals surface area (Å²) in [5, 5.41) is 66.5. The van der Waals surface area contributed by atoms with E-state index in [2.05, 4.69) is 5.32 Å². The lowest BCUT2D eigenvalue weighted by Crippen LogP contribution is -2.69. The molecule has 44 heavy (non-hydrogen) atoms. The van der Waals surface area contributed by atoms with Crippen molar-refractivity contribution in [2.24, 2.45) is 0 Å². The van der Waals surface area contributed by atoms with Crippen molar-refractivity contribution in [1.29, 1.82) is 0 Å². The number of aryl methyl sites for hydroxylation is 1. The van der Waals surface area contributed by atoms with Crippen molar-refractivity contribution in [2.45, 2.75) is 50.2 Å². The molecule has 1 amide bonds.